The summed E-state index contributed by atoms with van der Waals surface area (Å²) in [5.74, 6) is -2.16. The molecule has 2 saturated heterocycles. The van der Waals surface area contributed by atoms with Crippen LogP contribution in [0.5, 0.6) is 0 Å². The minimum atomic E-state index is -1.55. The third-order valence-electron chi connectivity index (χ3n) is 6.37. The van der Waals surface area contributed by atoms with Crippen LogP contribution in [-0.2, 0) is 23.7 Å². The van der Waals surface area contributed by atoms with Crippen LogP contribution in [0.1, 0.15) is 119 Å². The summed E-state index contributed by atoms with van der Waals surface area (Å²) in [6, 6.07) is 2.23. The first-order valence-electron chi connectivity index (χ1n) is 12.8. The smallest absolute Gasteiger partial charge is 0.220 e. The molecule has 4 atom stereocenters. The van der Waals surface area contributed by atoms with E-state index in [1.165, 1.54) is 19.3 Å². The molecule has 0 unspecified atom stereocenters. The highest BCUT2D eigenvalue weighted by molar-refractivity contribution is 5.94. The number of hydrogen-bond acceptors (Lipinski definition) is 6. The van der Waals surface area contributed by atoms with Crippen LogP contribution >= 0.6 is 0 Å². The van der Waals surface area contributed by atoms with Crippen molar-refractivity contribution in [2.75, 3.05) is 0 Å². The summed E-state index contributed by atoms with van der Waals surface area (Å²) in [5, 5.41) is 10.2. The van der Waals surface area contributed by atoms with Crippen LogP contribution in [0.4, 0.5) is 0 Å². The maximum absolute atomic E-state index is 13.7. The molecule has 0 spiro atoms. The zero-order valence-corrected chi connectivity index (χ0v) is 21.2. The lowest BCUT2D eigenvalue weighted by atomic mass is 9.84. The zero-order chi connectivity index (χ0) is 23.8. The molecule has 6 heteroatoms. The lowest BCUT2D eigenvalue weighted by Gasteiger charge is -2.47. The fourth-order valence-electron chi connectivity index (χ4n) is 4.99. The summed E-state index contributed by atoms with van der Waals surface area (Å²) in [6.45, 7) is 11.6. The van der Waals surface area contributed by atoms with Crippen molar-refractivity contribution in [2.45, 2.75) is 154 Å². The Kier molecular flexibility index (Phi) is 10.2. The molecule has 2 aliphatic heterocycles. The van der Waals surface area contributed by atoms with Gasteiger partial charge in [0.1, 0.15) is 12.2 Å². The quantitative estimate of drug-likeness (QED) is 0.328. The fraction of sp³-hybridized carbons (Fsp3) is 0.923. The SMILES string of the molecule is CCCCCC[C@H]1C[C@@H](C(=O)[C@@]2(C#N)C[C@H](CCCCCC)OC(C)(C)O2)OC(C)(C)O1. The highest BCUT2D eigenvalue weighted by Crippen LogP contribution is 2.40. The Labute approximate surface area is 195 Å². The van der Waals surface area contributed by atoms with Gasteiger partial charge in [0.25, 0.3) is 0 Å². The number of Topliss-reactive ketones (excluding diaryl/α,β-unsaturated/α-hetero) is 1. The Hall–Kier alpha value is -1.00. The molecular formula is C26H45NO5. The van der Waals surface area contributed by atoms with Gasteiger partial charge in [0.2, 0.25) is 11.4 Å². The van der Waals surface area contributed by atoms with Gasteiger partial charge in [0.05, 0.1) is 12.2 Å². The van der Waals surface area contributed by atoms with Gasteiger partial charge in [-0.1, -0.05) is 65.2 Å². The van der Waals surface area contributed by atoms with Gasteiger partial charge in [-0.25, -0.2) is 0 Å². The molecule has 0 bridgehead atoms. The molecule has 2 fully saturated rings. The number of unbranched alkanes of at least 4 members (excludes halogenated alkanes) is 6. The molecule has 0 amide bonds. The number of hydrogen-bond donors (Lipinski definition) is 0. The predicted molar refractivity (Wildman–Crippen MR) is 124 cm³/mol. The van der Waals surface area contributed by atoms with Crippen molar-refractivity contribution in [3.8, 4) is 6.07 Å². The lowest BCUT2D eigenvalue weighted by molar-refractivity contribution is -0.323. The van der Waals surface area contributed by atoms with Crippen LogP contribution < -0.4 is 0 Å². The number of ketones is 1. The van der Waals surface area contributed by atoms with Gasteiger partial charge in [-0.3, -0.25) is 4.79 Å². The van der Waals surface area contributed by atoms with E-state index >= 15 is 0 Å². The van der Waals surface area contributed by atoms with Crippen LogP contribution in [0.15, 0.2) is 0 Å². The van der Waals surface area contributed by atoms with E-state index < -0.39 is 23.3 Å². The molecule has 32 heavy (non-hydrogen) atoms. The minimum Gasteiger partial charge on any atom is -0.347 e. The second-order valence-electron chi connectivity index (χ2n) is 10.4. The molecule has 6 nitrogen and oxygen atoms in total. The Morgan fingerprint density at radius 1 is 0.844 bits per heavy atom. The van der Waals surface area contributed by atoms with Crippen molar-refractivity contribution < 1.29 is 23.7 Å². The predicted octanol–water partition coefficient (Wildman–Crippen LogP) is 6.21. The number of nitriles is 1. The number of carbonyl (C=O) groups excluding carboxylic acids is 1. The molecule has 2 heterocycles. The van der Waals surface area contributed by atoms with Crippen molar-refractivity contribution >= 4 is 5.78 Å². The third-order valence-corrected chi connectivity index (χ3v) is 6.37. The Morgan fingerprint density at radius 3 is 1.97 bits per heavy atom. The van der Waals surface area contributed by atoms with E-state index in [0.717, 1.165) is 44.9 Å². The summed E-state index contributed by atoms with van der Waals surface area (Å²) in [7, 11) is 0. The Morgan fingerprint density at radius 2 is 1.41 bits per heavy atom. The Balaban J connectivity index is 2.12. The summed E-state index contributed by atoms with van der Waals surface area (Å²) in [6.07, 6.45) is 10.6. The third kappa shape index (κ3) is 7.80. The molecule has 0 aromatic carbocycles. The molecular weight excluding hydrogens is 406 g/mol. The molecule has 0 saturated carbocycles. The van der Waals surface area contributed by atoms with E-state index in [2.05, 4.69) is 19.9 Å². The number of rotatable bonds is 12. The number of nitrogens with zero attached hydrogens (tertiary/aromatic N) is 1. The molecule has 184 valence electrons. The highest BCUT2D eigenvalue weighted by Gasteiger charge is 2.55. The molecule has 2 rings (SSSR count). The number of ether oxygens (including phenoxy) is 4. The fourth-order valence-corrected chi connectivity index (χ4v) is 4.99. The highest BCUT2D eigenvalue weighted by atomic mass is 16.7. The molecule has 0 aromatic heterocycles. The molecule has 0 radical (unpaired) electrons. The molecule has 0 N–H and O–H groups in total. The van der Waals surface area contributed by atoms with Crippen molar-refractivity contribution in [2.24, 2.45) is 0 Å². The van der Waals surface area contributed by atoms with Crippen LogP contribution in [0.2, 0.25) is 0 Å². The van der Waals surface area contributed by atoms with Gasteiger partial charge in [0, 0.05) is 12.8 Å². The molecule has 0 aromatic rings. The van der Waals surface area contributed by atoms with E-state index in [1.54, 1.807) is 13.8 Å². The first kappa shape index (κ1) is 27.2. The van der Waals surface area contributed by atoms with Crippen molar-refractivity contribution in [1.29, 1.82) is 5.26 Å². The van der Waals surface area contributed by atoms with E-state index in [9.17, 15) is 10.1 Å². The van der Waals surface area contributed by atoms with Crippen LogP contribution in [0.25, 0.3) is 0 Å². The maximum Gasteiger partial charge on any atom is 0.220 e. The van der Waals surface area contributed by atoms with E-state index in [-0.39, 0.29) is 24.4 Å². The summed E-state index contributed by atoms with van der Waals surface area (Å²) in [4.78, 5) is 13.7. The summed E-state index contributed by atoms with van der Waals surface area (Å²) >= 11 is 0. The van der Waals surface area contributed by atoms with E-state index in [0.29, 0.717) is 6.42 Å². The maximum atomic E-state index is 13.7. The average Bonchev–Trinajstić information content (AvgIpc) is 2.71. The first-order chi connectivity index (χ1) is 15.1. The van der Waals surface area contributed by atoms with Crippen LogP contribution in [-0.4, -0.2) is 41.3 Å². The monoisotopic (exact) mass is 451 g/mol. The normalized spacial score (nSPS) is 31.7. The second-order valence-corrected chi connectivity index (χ2v) is 10.4. The first-order valence-corrected chi connectivity index (χ1v) is 12.8. The van der Waals surface area contributed by atoms with E-state index in [1.807, 2.05) is 13.8 Å². The number of carbonyl (C=O) groups is 1. The molecule has 0 aliphatic carbocycles. The van der Waals surface area contributed by atoms with Crippen LogP contribution in [0.3, 0.4) is 0 Å². The van der Waals surface area contributed by atoms with E-state index in [4.69, 9.17) is 18.9 Å². The zero-order valence-electron chi connectivity index (χ0n) is 21.2. The van der Waals surface area contributed by atoms with Gasteiger partial charge >= 0.3 is 0 Å². The van der Waals surface area contributed by atoms with Gasteiger partial charge in [-0.15, -0.1) is 0 Å². The summed E-state index contributed by atoms with van der Waals surface area (Å²) in [5.41, 5.74) is -1.55. The van der Waals surface area contributed by atoms with Crippen molar-refractivity contribution in [1.82, 2.24) is 0 Å². The van der Waals surface area contributed by atoms with Gasteiger partial charge in [-0.05, 0) is 40.5 Å². The lowest BCUT2D eigenvalue weighted by Crippen LogP contribution is -2.60. The average molecular weight is 452 g/mol. The van der Waals surface area contributed by atoms with Gasteiger partial charge in [-0.2, -0.15) is 5.26 Å². The van der Waals surface area contributed by atoms with Crippen LogP contribution in [0, 0.1) is 11.3 Å². The Bertz CT molecular complexity index is 641. The van der Waals surface area contributed by atoms with Gasteiger partial charge < -0.3 is 18.9 Å². The molecule has 2 aliphatic rings. The van der Waals surface area contributed by atoms with Gasteiger partial charge in [0.15, 0.2) is 11.6 Å². The summed E-state index contributed by atoms with van der Waals surface area (Å²) < 4.78 is 24.3. The van der Waals surface area contributed by atoms with Crippen molar-refractivity contribution in [3.05, 3.63) is 0 Å². The second kappa shape index (κ2) is 11.9. The standard InChI is InChI=1S/C26H45NO5/c1-7-9-11-13-15-20-17-22(31-24(3,4)29-20)23(28)26(19-27)18-21(16-14-12-10-8-2)30-25(5,6)32-26/h20-22H,7-18H2,1-6H3/t20-,21-,22-,26-/m0/s1. The van der Waals surface area contributed by atoms with Crippen molar-refractivity contribution in [3.63, 3.8) is 0 Å². The largest absolute Gasteiger partial charge is 0.347 e. The topological polar surface area (TPSA) is 77.8 Å². The minimum absolute atomic E-state index is 0.0574.